The quantitative estimate of drug-likeness (QED) is 0.837. The van der Waals surface area contributed by atoms with Gasteiger partial charge in [0.25, 0.3) is 5.91 Å². The number of anilines is 1. The second-order valence-corrected chi connectivity index (χ2v) is 7.52. The summed E-state index contributed by atoms with van der Waals surface area (Å²) in [7, 11) is 0. The molecular weight excluding hydrogens is 380 g/mol. The van der Waals surface area contributed by atoms with Crippen LogP contribution in [0.4, 0.5) is 5.69 Å². The third-order valence-electron chi connectivity index (χ3n) is 4.39. The number of fused-ring (bicyclic) bond motifs is 1. The molecule has 2 aromatic rings. The molecule has 0 aromatic heterocycles. The average Bonchev–Trinajstić information content (AvgIpc) is 2.60. The maximum Gasteiger partial charge on any atom is 0.255 e. The van der Waals surface area contributed by atoms with Gasteiger partial charge >= 0.3 is 0 Å². The van der Waals surface area contributed by atoms with Crippen LogP contribution in [-0.2, 0) is 17.8 Å². The molecule has 3 rings (SSSR count). The molecule has 0 unspecified atom stereocenters. The van der Waals surface area contributed by atoms with Crippen LogP contribution in [0.25, 0.3) is 0 Å². The van der Waals surface area contributed by atoms with Gasteiger partial charge in [-0.05, 0) is 53.9 Å². The van der Waals surface area contributed by atoms with Gasteiger partial charge in [-0.2, -0.15) is 0 Å². The molecule has 1 heterocycles. The van der Waals surface area contributed by atoms with Gasteiger partial charge < -0.3 is 10.2 Å². The van der Waals surface area contributed by atoms with E-state index in [0.29, 0.717) is 12.1 Å². The number of halogens is 1. The summed E-state index contributed by atoms with van der Waals surface area (Å²) in [5.74, 6) is 0.0372. The molecule has 0 saturated carbocycles. The smallest absolute Gasteiger partial charge is 0.255 e. The molecule has 0 radical (unpaired) electrons. The lowest BCUT2D eigenvalue weighted by atomic mass is 9.98. The minimum absolute atomic E-state index is 0.00170. The molecule has 25 heavy (non-hydrogen) atoms. The van der Waals surface area contributed by atoms with E-state index in [1.165, 1.54) is 5.56 Å². The zero-order valence-corrected chi connectivity index (χ0v) is 16.0. The van der Waals surface area contributed by atoms with Crippen molar-refractivity contribution in [2.75, 3.05) is 11.9 Å². The van der Waals surface area contributed by atoms with Crippen molar-refractivity contribution in [3.8, 4) is 0 Å². The van der Waals surface area contributed by atoms with E-state index in [1.54, 1.807) is 12.1 Å². The number of hydrogen-bond acceptors (Lipinski definition) is 2. The van der Waals surface area contributed by atoms with Crippen LogP contribution in [0, 0.1) is 5.92 Å². The van der Waals surface area contributed by atoms with E-state index < -0.39 is 0 Å². The summed E-state index contributed by atoms with van der Waals surface area (Å²) in [5, 5.41) is 2.94. The molecule has 0 spiro atoms. The molecule has 5 heteroatoms. The topological polar surface area (TPSA) is 49.4 Å². The first kappa shape index (κ1) is 17.7. The number of carbonyl (C=O) groups is 2. The lowest BCUT2D eigenvalue weighted by molar-refractivity contribution is -0.135. The monoisotopic (exact) mass is 400 g/mol. The molecule has 0 bridgehead atoms. The Balaban J connectivity index is 1.75. The molecule has 1 aliphatic rings. The fraction of sp³-hybridized carbons (Fsp3) is 0.300. The highest BCUT2D eigenvalue weighted by atomic mass is 79.9. The number of amides is 2. The van der Waals surface area contributed by atoms with E-state index in [0.717, 1.165) is 28.7 Å². The maximum atomic E-state index is 12.4. The van der Waals surface area contributed by atoms with Crippen molar-refractivity contribution in [2.24, 2.45) is 5.92 Å². The molecule has 1 N–H and O–H groups in total. The molecule has 1 aliphatic heterocycles. The van der Waals surface area contributed by atoms with E-state index in [-0.39, 0.29) is 17.7 Å². The van der Waals surface area contributed by atoms with Gasteiger partial charge in [0.2, 0.25) is 5.91 Å². The fourth-order valence-electron chi connectivity index (χ4n) is 2.99. The summed E-state index contributed by atoms with van der Waals surface area (Å²) in [6, 6.07) is 13.2. The van der Waals surface area contributed by atoms with Crippen LogP contribution in [0.2, 0.25) is 0 Å². The molecule has 2 amide bonds. The van der Waals surface area contributed by atoms with E-state index in [4.69, 9.17) is 0 Å². The minimum atomic E-state index is -0.140. The number of rotatable bonds is 3. The number of carbonyl (C=O) groups excluding carboxylic acids is 2. The Morgan fingerprint density at radius 3 is 2.48 bits per heavy atom. The van der Waals surface area contributed by atoms with Gasteiger partial charge in [0.15, 0.2) is 0 Å². The van der Waals surface area contributed by atoms with Crippen LogP contribution in [0.5, 0.6) is 0 Å². The van der Waals surface area contributed by atoms with Gasteiger partial charge in [0.05, 0.1) is 0 Å². The molecule has 0 atom stereocenters. The van der Waals surface area contributed by atoms with Gasteiger partial charge in [0, 0.05) is 34.7 Å². The third kappa shape index (κ3) is 4.10. The highest BCUT2D eigenvalue weighted by Gasteiger charge is 2.22. The Hall–Kier alpha value is -2.14. The van der Waals surface area contributed by atoms with Crippen molar-refractivity contribution in [3.63, 3.8) is 0 Å². The van der Waals surface area contributed by atoms with Crippen molar-refractivity contribution < 1.29 is 9.59 Å². The molecular formula is C20H21BrN2O2. The normalized spacial score (nSPS) is 13.5. The third-order valence-corrected chi connectivity index (χ3v) is 4.92. The molecule has 0 saturated heterocycles. The fourth-order valence-corrected chi connectivity index (χ4v) is 3.26. The first-order valence-electron chi connectivity index (χ1n) is 8.41. The number of benzene rings is 2. The highest BCUT2D eigenvalue weighted by Crippen LogP contribution is 2.24. The van der Waals surface area contributed by atoms with Gasteiger partial charge in [-0.25, -0.2) is 0 Å². The average molecular weight is 401 g/mol. The van der Waals surface area contributed by atoms with Crippen molar-refractivity contribution in [3.05, 3.63) is 63.6 Å². The van der Waals surface area contributed by atoms with Crippen molar-refractivity contribution in [1.82, 2.24) is 4.90 Å². The molecule has 130 valence electrons. The largest absolute Gasteiger partial charge is 0.338 e. The number of hydrogen-bond donors (Lipinski definition) is 1. The van der Waals surface area contributed by atoms with E-state index in [1.807, 2.05) is 49.1 Å². The Labute approximate surface area is 156 Å². The van der Waals surface area contributed by atoms with Crippen LogP contribution in [0.15, 0.2) is 46.9 Å². The Bertz CT molecular complexity index is 800. The van der Waals surface area contributed by atoms with E-state index in [2.05, 4.69) is 21.2 Å². The standard InChI is InChI=1S/C20H21BrN2O2/c1-13(2)20(25)23-10-9-14-5-8-18(11-16(14)12-23)22-19(24)15-3-6-17(21)7-4-15/h3-8,11,13H,9-10,12H2,1-2H3,(H,22,24). The minimum Gasteiger partial charge on any atom is -0.338 e. The predicted molar refractivity (Wildman–Crippen MR) is 102 cm³/mol. The summed E-state index contributed by atoms with van der Waals surface area (Å²) in [6.45, 7) is 5.21. The van der Waals surface area contributed by atoms with Gasteiger partial charge in [-0.15, -0.1) is 0 Å². The van der Waals surface area contributed by atoms with Crippen LogP contribution in [0.1, 0.15) is 35.3 Å². The van der Waals surface area contributed by atoms with Crippen molar-refractivity contribution >= 4 is 33.4 Å². The van der Waals surface area contributed by atoms with Crippen LogP contribution < -0.4 is 5.32 Å². The first-order chi connectivity index (χ1) is 11.9. The summed E-state index contributed by atoms with van der Waals surface area (Å²) in [4.78, 5) is 26.5. The van der Waals surface area contributed by atoms with Gasteiger partial charge in [-0.1, -0.05) is 35.8 Å². The Morgan fingerprint density at radius 2 is 1.80 bits per heavy atom. The van der Waals surface area contributed by atoms with E-state index in [9.17, 15) is 9.59 Å². The lowest BCUT2D eigenvalue weighted by Crippen LogP contribution is -2.38. The van der Waals surface area contributed by atoms with E-state index >= 15 is 0 Å². The predicted octanol–water partition coefficient (Wildman–Crippen LogP) is 4.24. The highest BCUT2D eigenvalue weighted by molar-refractivity contribution is 9.10. The summed E-state index contributed by atoms with van der Waals surface area (Å²) in [6.07, 6.45) is 0.856. The zero-order chi connectivity index (χ0) is 18.0. The SMILES string of the molecule is CC(C)C(=O)N1CCc2ccc(NC(=O)c3ccc(Br)cc3)cc2C1. The van der Waals surface area contributed by atoms with Crippen LogP contribution >= 0.6 is 15.9 Å². The number of nitrogens with zero attached hydrogens (tertiary/aromatic N) is 1. The summed E-state index contributed by atoms with van der Waals surface area (Å²) in [5.41, 5.74) is 3.71. The van der Waals surface area contributed by atoms with Crippen molar-refractivity contribution in [2.45, 2.75) is 26.8 Å². The Kier molecular flexibility index (Phi) is 5.23. The summed E-state index contributed by atoms with van der Waals surface area (Å²) < 4.78 is 0.938. The van der Waals surface area contributed by atoms with Crippen LogP contribution in [-0.4, -0.2) is 23.3 Å². The van der Waals surface area contributed by atoms with Gasteiger partial charge in [0.1, 0.15) is 0 Å². The molecule has 4 nitrogen and oxygen atoms in total. The van der Waals surface area contributed by atoms with Crippen molar-refractivity contribution in [1.29, 1.82) is 0 Å². The Morgan fingerprint density at radius 1 is 1.08 bits per heavy atom. The second-order valence-electron chi connectivity index (χ2n) is 6.61. The molecule has 2 aromatic carbocycles. The zero-order valence-electron chi connectivity index (χ0n) is 14.4. The lowest BCUT2D eigenvalue weighted by Gasteiger charge is -2.30. The van der Waals surface area contributed by atoms with Gasteiger partial charge in [-0.3, -0.25) is 9.59 Å². The number of nitrogens with one attached hydrogen (secondary N) is 1. The molecule has 0 fully saturated rings. The second kappa shape index (κ2) is 7.40. The van der Waals surface area contributed by atoms with Crippen LogP contribution in [0.3, 0.4) is 0 Å². The maximum absolute atomic E-state index is 12.4. The first-order valence-corrected chi connectivity index (χ1v) is 9.21. The summed E-state index contributed by atoms with van der Waals surface area (Å²) >= 11 is 3.37. The molecule has 0 aliphatic carbocycles.